The number of aromatic hydroxyl groups is 1. The molecule has 12 atom stereocenters. The summed E-state index contributed by atoms with van der Waals surface area (Å²) in [5.74, 6) is -16.7. The smallest absolute Gasteiger partial charge is 0.326 e. The topological polar surface area (TPSA) is 550 Å². The summed E-state index contributed by atoms with van der Waals surface area (Å²) < 4.78 is 0. The van der Waals surface area contributed by atoms with Gasteiger partial charge in [0.2, 0.25) is 70.9 Å². The number of aliphatic hydroxyl groups is 3. The van der Waals surface area contributed by atoms with Gasteiger partial charge in [-0.2, -0.15) is 0 Å². The Balaban J connectivity index is 1.83. The van der Waals surface area contributed by atoms with Crippen LogP contribution in [-0.2, 0) is 80.0 Å². The Labute approximate surface area is 523 Å². The molecule has 1 heterocycles. The van der Waals surface area contributed by atoms with Crippen molar-refractivity contribution in [2.24, 2.45) is 29.0 Å². The number of carboxylic acid groups (broad SMARTS) is 2. The monoisotopic (exact) mass is 1280 g/mol. The quantitative estimate of drug-likeness (QED) is 0.0298. The molecule has 0 unspecified atom stereocenters. The molecule has 0 bridgehead atoms. The van der Waals surface area contributed by atoms with Crippen LogP contribution in [0.3, 0.4) is 0 Å². The summed E-state index contributed by atoms with van der Waals surface area (Å²) in [6.45, 7) is 5.72. The van der Waals surface area contributed by atoms with Crippen LogP contribution in [0.25, 0.3) is 0 Å². The molecule has 1 aliphatic heterocycles. The summed E-state index contributed by atoms with van der Waals surface area (Å²) in [6.07, 6.45) is -5.23. The molecule has 0 radical (unpaired) electrons. The zero-order valence-corrected chi connectivity index (χ0v) is 51.0. The minimum absolute atomic E-state index is 0.000346. The first-order chi connectivity index (χ1) is 42.7. The van der Waals surface area contributed by atoms with Crippen molar-refractivity contribution in [2.75, 3.05) is 19.8 Å². The Hall–Kier alpha value is -9.34. The second kappa shape index (κ2) is 37.0. The highest BCUT2D eigenvalue weighted by Gasteiger charge is 2.41. The van der Waals surface area contributed by atoms with Crippen molar-refractivity contribution in [3.63, 3.8) is 0 Å². The summed E-state index contributed by atoms with van der Waals surface area (Å²) in [4.78, 5) is 187. The van der Waals surface area contributed by atoms with Gasteiger partial charge in [-0.1, -0.05) is 70.2 Å². The summed E-state index contributed by atoms with van der Waals surface area (Å²) >= 11 is 0. The number of nitrogens with two attached hydrogens (primary N) is 3. The molecule has 33 heteroatoms. The molecule has 0 spiro atoms. The van der Waals surface area contributed by atoms with E-state index in [9.17, 15) is 97.8 Å². The Morgan fingerprint density at radius 2 is 0.967 bits per heavy atom. The third-order valence-electron chi connectivity index (χ3n) is 14.2. The zero-order valence-electron chi connectivity index (χ0n) is 51.0. The number of carbonyl (C=O) groups is 14. The fraction of sp³-hybridized carbons (Fsp3) is 0.552. The number of amides is 12. The highest BCUT2D eigenvalue weighted by atomic mass is 16.4. The van der Waals surface area contributed by atoms with Gasteiger partial charge in [-0.15, -0.1) is 0 Å². The van der Waals surface area contributed by atoms with E-state index in [1.54, 1.807) is 32.0 Å². The number of primary amides is 2. The van der Waals surface area contributed by atoms with Crippen LogP contribution in [0.5, 0.6) is 5.75 Å². The van der Waals surface area contributed by atoms with Gasteiger partial charge in [0.15, 0.2) is 0 Å². The molecule has 12 amide bonds. The predicted octanol–water partition coefficient (Wildman–Crippen LogP) is -5.98. The maximum absolute atomic E-state index is 14.2. The molecule has 2 aromatic rings. The van der Waals surface area contributed by atoms with Crippen molar-refractivity contribution in [3.8, 4) is 5.75 Å². The van der Waals surface area contributed by atoms with E-state index in [0.29, 0.717) is 11.1 Å². The third kappa shape index (κ3) is 25.6. The molecule has 0 aromatic heterocycles. The van der Waals surface area contributed by atoms with Crippen LogP contribution in [-0.4, -0.2) is 211 Å². The SMILES string of the molecule is CC(C)C[C@H](NC(=O)[C@H](CC(N)=O)NC(=O)[C@H](CCC(=O)O)NC(=O)[C@H](Cc1ccccc1)NC(=O)[C@H](CC(N)=O)NC(=O)[C@H](CO)NC(=O)[C@@H]1CCCN1C(=O)[C@H](CO)NC(=O)[C@@H](NC(=O)[C@H](Cc1ccc(O)cc1)NC(=O)[C@@H](N)CC(C)C)[C@@H](C)O)C(=O)O. The Kier molecular flexibility index (Phi) is 30.8. The molecule has 3 rings (SSSR count). The van der Waals surface area contributed by atoms with Gasteiger partial charge in [-0.05, 0) is 74.1 Å². The van der Waals surface area contributed by atoms with Gasteiger partial charge in [0.05, 0.1) is 38.2 Å². The molecule has 2 aromatic carbocycles. The fourth-order valence-corrected chi connectivity index (χ4v) is 9.51. The second-order valence-electron chi connectivity index (χ2n) is 22.8. The van der Waals surface area contributed by atoms with Crippen molar-refractivity contribution < 1.29 is 97.8 Å². The number of benzene rings is 2. The molecule has 91 heavy (non-hydrogen) atoms. The molecule has 1 saturated heterocycles. The summed E-state index contributed by atoms with van der Waals surface area (Å²) in [6, 6.07) is -4.85. The van der Waals surface area contributed by atoms with Crippen molar-refractivity contribution in [1.29, 1.82) is 0 Å². The molecule has 21 N–H and O–H groups in total. The number of carbonyl (C=O) groups excluding carboxylic acids is 12. The predicted molar refractivity (Wildman–Crippen MR) is 319 cm³/mol. The highest BCUT2D eigenvalue weighted by molar-refractivity contribution is 6.00. The van der Waals surface area contributed by atoms with E-state index in [-0.39, 0.29) is 62.7 Å². The van der Waals surface area contributed by atoms with Crippen molar-refractivity contribution in [1.82, 2.24) is 52.8 Å². The number of phenols is 1. The lowest BCUT2D eigenvalue weighted by Gasteiger charge is -2.30. The van der Waals surface area contributed by atoms with Crippen LogP contribution in [0, 0.1) is 11.8 Å². The van der Waals surface area contributed by atoms with E-state index in [1.165, 1.54) is 36.4 Å². The van der Waals surface area contributed by atoms with E-state index in [1.807, 2.05) is 13.8 Å². The number of hydrogen-bond donors (Lipinski definition) is 18. The van der Waals surface area contributed by atoms with E-state index in [2.05, 4.69) is 47.9 Å². The molecule has 0 aliphatic carbocycles. The average Bonchev–Trinajstić information content (AvgIpc) is 2.02. The van der Waals surface area contributed by atoms with Crippen LogP contribution >= 0.6 is 0 Å². The third-order valence-corrected chi connectivity index (χ3v) is 14.2. The number of rotatable bonds is 38. The van der Waals surface area contributed by atoms with E-state index in [4.69, 9.17) is 17.2 Å². The summed E-state index contributed by atoms with van der Waals surface area (Å²) in [7, 11) is 0. The Bertz CT molecular complexity index is 2900. The normalized spacial score (nSPS) is 16.5. The molecule has 1 aliphatic rings. The van der Waals surface area contributed by atoms with E-state index in [0.717, 1.165) is 11.8 Å². The summed E-state index contributed by atoms with van der Waals surface area (Å²) in [5, 5.41) is 81.2. The fourth-order valence-electron chi connectivity index (χ4n) is 9.51. The number of nitrogens with zero attached hydrogens (tertiary/aromatic N) is 1. The molecule has 502 valence electrons. The highest BCUT2D eigenvalue weighted by Crippen LogP contribution is 2.20. The standard InChI is InChI=1S/C58H85N13O20/c1-28(2)20-34(59)48(80)63-37(23-32-13-15-33(75)16-14-32)53(85)70-47(30(5)74)56(88)69-42(27-73)57(89)71-19-9-12-43(71)55(87)68-41(26-72)54(86)66-38(24-44(60)76)51(83)64-36(22-31-10-7-6-8-11-31)50(82)62-35(17-18-46(78)79)49(81)65-39(25-45(61)77)52(84)67-40(58(90)91)21-29(3)4/h6-8,10-11,13-16,28-30,34-43,47,72-75H,9,12,17-27,59H2,1-5H3,(H2,60,76)(H2,61,77)(H,62,82)(H,63,80)(H,64,83)(H,65,81)(H,66,86)(H,67,84)(H,68,87)(H,69,88)(H,70,85)(H,78,79)(H,90,91)/t30-,34+,35+,36+,37+,38+,39+,40+,41+,42+,43+,47+/m1/s1. The minimum Gasteiger partial charge on any atom is -0.508 e. The molecule has 1 fully saturated rings. The largest absolute Gasteiger partial charge is 0.508 e. The van der Waals surface area contributed by atoms with Crippen molar-refractivity contribution in [2.45, 2.75) is 171 Å². The lowest BCUT2D eigenvalue weighted by atomic mass is 10.0. The Morgan fingerprint density at radius 3 is 1.45 bits per heavy atom. The van der Waals surface area contributed by atoms with Crippen LogP contribution < -0.4 is 65.1 Å². The van der Waals surface area contributed by atoms with Gasteiger partial charge in [0.25, 0.3) is 0 Å². The zero-order chi connectivity index (χ0) is 68.4. The van der Waals surface area contributed by atoms with Crippen molar-refractivity contribution in [3.05, 3.63) is 65.7 Å². The van der Waals surface area contributed by atoms with Gasteiger partial charge in [-0.25, -0.2) is 4.79 Å². The van der Waals surface area contributed by atoms with Crippen LogP contribution in [0.2, 0.25) is 0 Å². The van der Waals surface area contributed by atoms with E-state index < -0.39 is 194 Å². The molecule has 33 nitrogen and oxygen atoms in total. The number of carboxylic acids is 2. The number of phenolic OH excluding ortho intramolecular Hbond substituents is 1. The van der Waals surface area contributed by atoms with Crippen LogP contribution in [0.4, 0.5) is 0 Å². The van der Waals surface area contributed by atoms with Crippen molar-refractivity contribution >= 4 is 82.8 Å². The number of aliphatic carboxylic acids is 2. The number of nitrogens with one attached hydrogen (secondary N) is 9. The summed E-state index contributed by atoms with van der Waals surface area (Å²) in [5.41, 5.74) is 17.7. The number of aliphatic hydroxyl groups excluding tert-OH is 3. The lowest BCUT2D eigenvalue weighted by molar-refractivity contribution is -0.144. The second-order valence-corrected chi connectivity index (χ2v) is 22.8. The van der Waals surface area contributed by atoms with Gasteiger partial charge in [-0.3, -0.25) is 62.3 Å². The van der Waals surface area contributed by atoms with E-state index >= 15 is 0 Å². The first kappa shape index (κ1) is 75.9. The maximum Gasteiger partial charge on any atom is 0.326 e. The Morgan fingerprint density at radius 1 is 0.527 bits per heavy atom. The van der Waals surface area contributed by atoms with Gasteiger partial charge in [0, 0.05) is 25.8 Å². The molecule has 0 saturated carbocycles. The van der Waals surface area contributed by atoms with Gasteiger partial charge in [0.1, 0.15) is 66.2 Å². The molecular formula is C58H85N13O20. The van der Waals surface area contributed by atoms with Gasteiger partial charge >= 0.3 is 11.9 Å². The van der Waals surface area contributed by atoms with Gasteiger partial charge < -0.3 is 101 Å². The first-order valence-corrected chi connectivity index (χ1v) is 29.3. The first-order valence-electron chi connectivity index (χ1n) is 29.3. The number of hydrogen-bond acceptors (Lipinski definition) is 19. The lowest BCUT2D eigenvalue weighted by Crippen LogP contribution is -2.62. The van der Waals surface area contributed by atoms with Crippen LogP contribution in [0.1, 0.15) is 97.1 Å². The maximum atomic E-state index is 14.2. The minimum atomic E-state index is -1.97. The average molecular weight is 1280 g/mol. The molecular weight excluding hydrogens is 1200 g/mol. The van der Waals surface area contributed by atoms with Crippen LogP contribution in [0.15, 0.2) is 54.6 Å². The number of likely N-dealkylation sites (tertiary alicyclic amines) is 1.